The van der Waals surface area contributed by atoms with Gasteiger partial charge in [-0.3, -0.25) is 14.4 Å². The molecule has 2 saturated heterocycles. The van der Waals surface area contributed by atoms with Gasteiger partial charge in [0.1, 0.15) is 65.7 Å². The lowest BCUT2D eigenvalue weighted by molar-refractivity contribution is -0.339. The van der Waals surface area contributed by atoms with Crippen LogP contribution < -0.4 is 15.4 Å². The van der Waals surface area contributed by atoms with E-state index in [1.54, 1.807) is 14.0 Å². The summed E-state index contributed by atoms with van der Waals surface area (Å²) in [5.74, 6) is -4.62. The average Bonchev–Trinajstić information content (AvgIpc) is 3.76. The molecule has 0 unspecified atom stereocenters. The molecule has 0 radical (unpaired) electrons. The second kappa shape index (κ2) is 16.0. The largest absolute Gasteiger partial charge is 0.507 e. The van der Waals surface area contributed by atoms with Crippen LogP contribution >= 0.6 is 0 Å². The Hall–Kier alpha value is -5.66. The number of ketones is 2. The molecule has 3 aromatic carbocycles. The molecule has 2 fully saturated rings. The summed E-state index contributed by atoms with van der Waals surface area (Å²) in [7, 11) is 2.84. The zero-order chi connectivity index (χ0) is 43.8. The van der Waals surface area contributed by atoms with E-state index in [0.717, 1.165) is 12.1 Å². The highest BCUT2D eigenvalue weighted by Gasteiger charge is 2.51. The number of amides is 1. The third-order valence-electron chi connectivity index (χ3n) is 11.5. The molecule has 22 nitrogen and oxygen atoms in total. The highest BCUT2D eigenvalue weighted by atomic mass is 16.7. The van der Waals surface area contributed by atoms with E-state index in [1.165, 1.54) is 26.2 Å². The maximum Gasteiger partial charge on any atom is 0.255 e. The predicted octanol–water partition coefficient (Wildman–Crippen LogP) is -1.37. The van der Waals surface area contributed by atoms with Crippen LogP contribution in [0, 0.1) is 6.92 Å². The van der Waals surface area contributed by atoms with Crippen molar-refractivity contribution < 1.29 is 78.9 Å². The molecule has 1 amide bonds. The van der Waals surface area contributed by atoms with Crippen LogP contribution in [0.4, 0.5) is 0 Å². The number of tetrazole rings is 1. The van der Waals surface area contributed by atoms with Crippen molar-refractivity contribution in [3.05, 3.63) is 74.6 Å². The highest BCUT2D eigenvalue weighted by Crippen LogP contribution is 2.57. The van der Waals surface area contributed by atoms with Crippen molar-refractivity contribution in [2.24, 2.45) is 0 Å². The zero-order valence-corrected chi connectivity index (χ0v) is 32.8. The molecule has 3 heterocycles. The molecule has 0 bridgehead atoms. The number of aliphatic hydroxyl groups excluding tert-OH is 5. The van der Waals surface area contributed by atoms with Crippen molar-refractivity contribution in [1.82, 2.24) is 31.3 Å². The van der Waals surface area contributed by atoms with E-state index in [4.69, 9.17) is 23.7 Å². The Labute approximate surface area is 344 Å². The van der Waals surface area contributed by atoms with Crippen molar-refractivity contribution in [2.75, 3.05) is 20.8 Å². The quantitative estimate of drug-likeness (QED) is 0.0815. The van der Waals surface area contributed by atoms with Crippen molar-refractivity contribution in [1.29, 1.82) is 0 Å². The molecular weight excluding hydrogens is 808 g/mol. The molecule has 4 aliphatic rings. The number of methoxy groups -OCH3 is 1. The third kappa shape index (κ3) is 6.86. The van der Waals surface area contributed by atoms with Gasteiger partial charge in [-0.1, -0.05) is 11.3 Å². The number of rotatable bonds is 9. The number of phenolic OH excluding ortho intramolecular Hbond substituents is 3. The van der Waals surface area contributed by atoms with E-state index in [2.05, 4.69) is 31.3 Å². The van der Waals surface area contributed by atoms with Crippen LogP contribution in [0.25, 0.3) is 11.1 Å². The van der Waals surface area contributed by atoms with Gasteiger partial charge >= 0.3 is 0 Å². The molecule has 11 atom stereocenters. The maximum atomic E-state index is 14.1. The number of aliphatic hydroxyl groups is 5. The summed E-state index contributed by atoms with van der Waals surface area (Å²) in [5, 5.41) is 109. The number of carbonyl (C=O) groups is 3. The van der Waals surface area contributed by atoms with E-state index in [1.807, 2.05) is 0 Å². The summed E-state index contributed by atoms with van der Waals surface area (Å²) in [6.07, 6.45) is -15.2. The summed E-state index contributed by atoms with van der Waals surface area (Å²) in [5.41, 5.74) is -2.68. The van der Waals surface area contributed by atoms with Crippen LogP contribution in [-0.2, 0) is 25.5 Å². The van der Waals surface area contributed by atoms with Gasteiger partial charge in [-0.2, -0.15) is 5.21 Å². The normalized spacial score (nSPS) is 29.3. The lowest BCUT2D eigenvalue weighted by atomic mass is 9.74. The van der Waals surface area contributed by atoms with Crippen LogP contribution in [0.15, 0.2) is 24.3 Å². The molecule has 4 aromatic rings. The Bertz CT molecular complexity index is 2410. The van der Waals surface area contributed by atoms with Gasteiger partial charge in [-0.05, 0) is 49.7 Å². The lowest BCUT2D eigenvalue weighted by Crippen LogP contribution is -2.65. The van der Waals surface area contributed by atoms with Gasteiger partial charge in [0, 0.05) is 28.3 Å². The standard InChI is InChI=1S/C39H42N6O16/c1-11-5-17-24(31(52)21(11)37(56)41-9-20-42-44-45-43-20)23-15(8-16-25(32(23)53)28(49)14-6-13(57-4)7-18(46)22(14)27(16)48)29(50)35(17)60-39-34(55)36(26(40-3)12(2)59-39)61-38-33(54)30(51)19(47)10-58-38/h5-8,12,19,26,29-30,33-36,38-40,46-47,50-55H,9-10H2,1-4H3,(H,41,56)(H,42,43,44,45)/t12-,19-,26+,29+,30+,33-,34-,35+,36+,38+,39+/m1/s1. The summed E-state index contributed by atoms with van der Waals surface area (Å²) in [4.78, 5) is 41.9. The number of aromatic amines is 1. The first-order valence-corrected chi connectivity index (χ1v) is 19.0. The van der Waals surface area contributed by atoms with Crippen LogP contribution in [-0.4, -0.2) is 155 Å². The number of hydrogen-bond acceptors (Lipinski definition) is 20. The van der Waals surface area contributed by atoms with E-state index in [0.29, 0.717) is 0 Å². The number of phenols is 3. The Morgan fingerprint density at radius 1 is 0.885 bits per heavy atom. The molecule has 0 spiro atoms. The number of H-pyrrole nitrogens is 1. The number of likely N-dealkylation sites (N-methyl/N-ethyl adjacent to an activating group) is 1. The lowest BCUT2D eigenvalue weighted by Gasteiger charge is -2.47. The van der Waals surface area contributed by atoms with Gasteiger partial charge in [-0.25, -0.2) is 0 Å². The summed E-state index contributed by atoms with van der Waals surface area (Å²) in [6, 6.07) is 4.07. The Morgan fingerprint density at radius 3 is 2.28 bits per heavy atom. The van der Waals surface area contributed by atoms with E-state index >= 15 is 0 Å². The molecule has 1 aromatic heterocycles. The van der Waals surface area contributed by atoms with Gasteiger partial charge in [0.2, 0.25) is 0 Å². The van der Waals surface area contributed by atoms with Crippen LogP contribution in [0.3, 0.4) is 0 Å². The first-order chi connectivity index (χ1) is 29.1. The number of nitrogens with one attached hydrogen (secondary N) is 3. The summed E-state index contributed by atoms with van der Waals surface area (Å²) >= 11 is 0. The van der Waals surface area contributed by atoms with Crippen LogP contribution in [0.5, 0.6) is 23.0 Å². The van der Waals surface area contributed by atoms with Crippen molar-refractivity contribution in [2.45, 2.75) is 87.8 Å². The SMILES string of the molecule is CN[C@@H]1[C@H](O[C@@H]2OC[C@@H](O)[C@H](O)[C@H]2O)[C@@H](O)[C@H](O[C@H]2c3cc(C)c(C(=O)NCc4nn[nH]n4)c(O)c3-c3c(cc4c(c3O)C(=O)c3cc(OC)cc(O)c3C4=O)[C@@H]2O)O[C@@H]1C. The smallest absolute Gasteiger partial charge is 0.255 e. The van der Waals surface area contributed by atoms with Gasteiger partial charge in [-0.15, -0.1) is 10.2 Å². The zero-order valence-electron chi connectivity index (χ0n) is 32.8. The molecule has 0 saturated carbocycles. The molecule has 22 heteroatoms. The number of ether oxygens (including phenoxy) is 5. The van der Waals surface area contributed by atoms with Crippen molar-refractivity contribution in [3.8, 4) is 34.1 Å². The first kappa shape index (κ1) is 42.0. The van der Waals surface area contributed by atoms with Crippen molar-refractivity contribution >= 4 is 17.5 Å². The fourth-order valence-electron chi connectivity index (χ4n) is 8.47. The highest BCUT2D eigenvalue weighted by molar-refractivity contribution is 6.31. The first-order valence-electron chi connectivity index (χ1n) is 19.0. The Morgan fingerprint density at radius 2 is 1.59 bits per heavy atom. The topological polar surface area (TPSA) is 338 Å². The fraction of sp³-hybridized carbons (Fsp3) is 0.436. The number of aromatic nitrogens is 4. The molecule has 2 aliphatic heterocycles. The van der Waals surface area contributed by atoms with Crippen LogP contribution in [0.1, 0.15) is 83.8 Å². The molecule has 324 valence electrons. The molecule has 8 rings (SSSR count). The van der Waals surface area contributed by atoms with E-state index < -0.39 is 120 Å². The molecule has 61 heavy (non-hydrogen) atoms. The maximum absolute atomic E-state index is 14.1. The number of nitrogens with zero attached hydrogens (tertiary/aromatic N) is 3. The molecular formula is C39H42N6O16. The fourth-order valence-corrected chi connectivity index (χ4v) is 8.47. The van der Waals surface area contributed by atoms with Gasteiger partial charge in [0.15, 0.2) is 30.0 Å². The second-order valence-corrected chi connectivity index (χ2v) is 15.1. The number of fused-ring (bicyclic) bond motifs is 5. The summed E-state index contributed by atoms with van der Waals surface area (Å²) in [6.45, 7) is 2.48. The van der Waals surface area contributed by atoms with Gasteiger partial charge in [0.05, 0.1) is 49.1 Å². The monoisotopic (exact) mass is 850 g/mol. The minimum absolute atomic E-state index is 0.0394. The van der Waals surface area contributed by atoms with E-state index in [-0.39, 0.29) is 62.6 Å². The van der Waals surface area contributed by atoms with Crippen molar-refractivity contribution in [3.63, 3.8) is 0 Å². The number of benzene rings is 3. The Kier molecular flexibility index (Phi) is 11.0. The predicted molar refractivity (Wildman–Crippen MR) is 201 cm³/mol. The average molecular weight is 851 g/mol. The number of carbonyl (C=O) groups excluding carboxylic acids is 3. The van der Waals surface area contributed by atoms with Gasteiger partial charge in [0.25, 0.3) is 5.91 Å². The third-order valence-corrected chi connectivity index (χ3v) is 11.5. The number of hydrogen-bond donors (Lipinski definition) is 11. The van der Waals surface area contributed by atoms with E-state index in [9.17, 15) is 55.2 Å². The molecule has 11 N–H and O–H groups in total. The second-order valence-electron chi connectivity index (χ2n) is 15.1. The number of aryl methyl sites for hydroxylation is 1. The van der Waals surface area contributed by atoms with Crippen LogP contribution in [0.2, 0.25) is 0 Å². The number of aromatic hydroxyl groups is 3. The Balaban J connectivity index is 1.24. The summed E-state index contributed by atoms with van der Waals surface area (Å²) < 4.78 is 29.1. The van der Waals surface area contributed by atoms with Gasteiger partial charge < -0.3 is 75.2 Å². The minimum atomic E-state index is -1.85. The minimum Gasteiger partial charge on any atom is -0.507 e. The molecule has 2 aliphatic carbocycles.